The molecule has 1 heterocycles. The highest BCUT2D eigenvalue weighted by atomic mass is 35.5. The number of amides is 1. The third kappa shape index (κ3) is 1.99. The number of hydrogen-bond donors (Lipinski definition) is 2. The van der Waals surface area contributed by atoms with Gasteiger partial charge in [0.15, 0.2) is 0 Å². The molecule has 16 heavy (non-hydrogen) atoms. The predicted molar refractivity (Wildman–Crippen MR) is 59.6 cm³/mol. The molecule has 2 rings (SSSR count). The van der Waals surface area contributed by atoms with E-state index in [1.807, 2.05) is 0 Å². The molecule has 0 radical (unpaired) electrons. The maximum absolute atomic E-state index is 11.9. The largest absolute Gasteiger partial charge is 0.507 e. The topological polar surface area (TPSA) is 60.8 Å². The van der Waals surface area contributed by atoms with Crippen LogP contribution in [-0.4, -0.2) is 39.7 Å². The number of hydrogen-bond acceptors (Lipinski definition) is 3. The van der Waals surface area contributed by atoms with Gasteiger partial charge in [-0.1, -0.05) is 11.6 Å². The van der Waals surface area contributed by atoms with E-state index in [-0.39, 0.29) is 30.3 Å². The van der Waals surface area contributed by atoms with Crippen LogP contribution < -0.4 is 0 Å². The Morgan fingerprint density at radius 1 is 1.50 bits per heavy atom. The van der Waals surface area contributed by atoms with Crippen LogP contribution >= 0.6 is 11.6 Å². The fourth-order valence-electron chi connectivity index (χ4n) is 1.78. The van der Waals surface area contributed by atoms with E-state index in [1.54, 1.807) is 13.0 Å². The molecule has 2 N–H and O–H groups in total. The number of halogens is 1. The summed E-state index contributed by atoms with van der Waals surface area (Å²) in [5.41, 5.74) is -0.600. The number of benzene rings is 1. The summed E-state index contributed by atoms with van der Waals surface area (Å²) >= 11 is 5.67. The molecule has 1 fully saturated rings. The van der Waals surface area contributed by atoms with Gasteiger partial charge in [-0.2, -0.15) is 0 Å². The number of carbonyl (C=O) groups is 1. The SMILES string of the molecule is CC1(O)CN(C(=O)c2ccc(Cl)cc2O)C1. The number of β-amino-alcohol motifs (C(OH)–C–C–N with tert-alkyl or cyclic N) is 1. The highest BCUT2D eigenvalue weighted by molar-refractivity contribution is 6.30. The first-order valence-corrected chi connectivity index (χ1v) is 5.27. The summed E-state index contributed by atoms with van der Waals surface area (Å²) in [4.78, 5) is 13.3. The molecule has 0 atom stereocenters. The lowest BCUT2D eigenvalue weighted by molar-refractivity contribution is -0.0669. The van der Waals surface area contributed by atoms with Crippen molar-refractivity contribution in [1.29, 1.82) is 0 Å². The van der Waals surface area contributed by atoms with Crippen LogP contribution in [0.3, 0.4) is 0 Å². The van der Waals surface area contributed by atoms with Gasteiger partial charge in [0, 0.05) is 5.02 Å². The fourth-order valence-corrected chi connectivity index (χ4v) is 1.94. The van der Waals surface area contributed by atoms with E-state index < -0.39 is 5.60 Å². The minimum atomic E-state index is -0.808. The van der Waals surface area contributed by atoms with E-state index in [2.05, 4.69) is 0 Å². The van der Waals surface area contributed by atoms with Crippen LogP contribution in [0.1, 0.15) is 17.3 Å². The first-order valence-electron chi connectivity index (χ1n) is 4.89. The number of rotatable bonds is 1. The standard InChI is InChI=1S/C11H12ClNO3/c1-11(16)5-13(6-11)10(15)8-3-2-7(12)4-9(8)14/h2-4,14,16H,5-6H2,1H3. The summed E-state index contributed by atoms with van der Waals surface area (Å²) in [6.07, 6.45) is 0. The molecule has 1 amide bonds. The fraction of sp³-hybridized carbons (Fsp3) is 0.364. The monoisotopic (exact) mass is 241 g/mol. The minimum Gasteiger partial charge on any atom is -0.507 e. The van der Waals surface area contributed by atoms with Gasteiger partial charge in [0.25, 0.3) is 5.91 Å². The summed E-state index contributed by atoms with van der Waals surface area (Å²) in [6, 6.07) is 4.35. The molecule has 0 spiro atoms. The van der Waals surface area contributed by atoms with Gasteiger partial charge in [-0.05, 0) is 25.1 Å². The molecular formula is C11H12ClNO3. The molecule has 0 saturated carbocycles. The Labute approximate surface area is 98.1 Å². The van der Waals surface area contributed by atoms with E-state index in [4.69, 9.17) is 11.6 Å². The van der Waals surface area contributed by atoms with Crippen molar-refractivity contribution < 1.29 is 15.0 Å². The zero-order valence-corrected chi connectivity index (χ0v) is 9.53. The van der Waals surface area contributed by atoms with Crippen LogP contribution in [0, 0.1) is 0 Å². The molecule has 1 aliphatic heterocycles. The summed E-state index contributed by atoms with van der Waals surface area (Å²) in [7, 11) is 0. The highest BCUT2D eigenvalue weighted by Crippen LogP contribution is 2.27. The van der Waals surface area contributed by atoms with Crippen molar-refractivity contribution in [1.82, 2.24) is 4.90 Å². The summed E-state index contributed by atoms with van der Waals surface area (Å²) in [5, 5.41) is 19.5. The van der Waals surface area contributed by atoms with Gasteiger partial charge in [0.1, 0.15) is 5.75 Å². The first kappa shape index (κ1) is 11.2. The first-order chi connectivity index (χ1) is 7.39. The molecule has 0 aromatic heterocycles. The summed E-state index contributed by atoms with van der Waals surface area (Å²) in [6.45, 7) is 2.24. The highest BCUT2D eigenvalue weighted by Gasteiger charge is 2.40. The van der Waals surface area contributed by atoms with Gasteiger partial charge in [-0.3, -0.25) is 4.79 Å². The Bertz CT molecular complexity index is 437. The van der Waals surface area contributed by atoms with Crippen LogP contribution in [-0.2, 0) is 0 Å². The molecule has 86 valence electrons. The Kier molecular flexibility index (Phi) is 2.56. The van der Waals surface area contributed by atoms with Gasteiger partial charge in [0.2, 0.25) is 0 Å². The average Bonchev–Trinajstić information content (AvgIpc) is 2.13. The molecule has 1 aliphatic rings. The van der Waals surface area contributed by atoms with Crippen LogP contribution in [0.2, 0.25) is 5.02 Å². The normalized spacial score (nSPS) is 18.1. The van der Waals surface area contributed by atoms with Gasteiger partial charge in [-0.25, -0.2) is 0 Å². The smallest absolute Gasteiger partial charge is 0.257 e. The van der Waals surface area contributed by atoms with Gasteiger partial charge in [-0.15, -0.1) is 0 Å². The van der Waals surface area contributed by atoms with Crippen molar-refractivity contribution in [3.63, 3.8) is 0 Å². The van der Waals surface area contributed by atoms with Gasteiger partial charge in [0.05, 0.1) is 24.3 Å². The number of aliphatic hydroxyl groups is 1. The summed E-state index contributed by atoms with van der Waals surface area (Å²) < 4.78 is 0. The summed E-state index contributed by atoms with van der Waals surface area (Å²) in [5.74, 6) is -0.426. The van der Waals surface area contributed by atoms with Crippen LogP contribution in [0.15, 0.2) is 18.2 Å². The maximum Gasteiger partial charge on any atom is 0.257 e. The maximum atomic E-state index is 11.9. The lowest BCUT2D eigenvalue weighted by Crippen LogP contribution is -2.61. The van der Waals surface area contributed by atoms with Crippen LogP contribution in [0.25, 0.3) is 0 Å². The second kappa shape index (κ2) is 3.64. The third-order valence-electron chi connectivity index (χ3n) is 2.54. The lowest BCUT2D eigenvalue weighted by atomic mass is 9.96. The molecule has 1 saturated heterocycles. The second-order valence-corrected chi connectivity index (χ2v) is 4.76. The quantitative estimate of drug-likeness (QED) is 0.778. The number of likely N-dealkylation sites (tertiary alicyclic amines) is 1. The van der Waals surface area contributed by atoms with Crippen LogP contribution in [0.5, 0.6) is 5.75 Å². The van der Waals surface area contributed by atoms with E-state index in [0.29, 0.717) is 5.02 Å². The predicted octanol–water partition coefficient (Wildman–Crippen LogP) is 1.25. The zero-order valence-electron chi connectivity index (χ0n) is 8.77. The Balaban J connectivity index is 2.16. The molecule has 0 aliphatic carbocycles. The van der Waals surface area contributed by atoms with Crippen LogP contribution in [0.4, 0.5) is 0 Å². The number of carbonyl (C=O) groups excluding carboxylic acids is 1. The number of aromatic hydroxyl groups is 1. The molecule has 0 bridgehead atoms. The van der Waals surface area contributed by atoms with E-state index in [9.17, 15) is 15.0 Å². The van der Waals surface area contributed by atoms with Crippen molar-refractivity contribution >= 4 is 17.5 Å². The minimum absolute atomic E-state index is 0.135. The van der Waals surface area contributed by atoms with Crippen molar-refractivity contribution in [2.24, 2.45) is 0 Å². The average molecular weight is 242 g/mol. The van der Waals surface area contributed by atoms with Gasteiger partial charge < -0.3 is 15.1 Å². The molecule has 0 unspecified atom stereocenters. The number of phenolic OH excluding ortho intramolecular Hbond substituents is 1. The number of phenols is 1. The second-order valence-electron chi connectivity index (χ2n) is 4.32. The number of nitrogens with zero attached hydrogens (tertiary/aromatic N) is 1. The molecular weight excluding hydrogens is 230 g/mol. The Morgan fingerprint density at radius 3 is 2.62 bits per heavy atom. The molecule has 4 nitrogen and oxygen atoms in total. The van der Waals surface area contributed by atoms with Crippen molar-refractivity contribution in [3.8, 4) is 5.75 Å². The van der Waals surface area contributed by atoms with E-state index >= 15 is 0 Å². The Morgan fingerprint density at radius 2 is 2.12 bits per heavy atom. The molecule has 5 heteroatoms. The third-order valence-corrected chi connectivity index (χ3v) is 2.78. The molecule has 1 aromatic carbocycles. The van der Waals surface area contributed by atoms with E-state index in [0.717, 1.165) is 0 Å². The van der Waals surface area contributed by atoms with Crippen molar-refractivity contribution in [2.45, 2.75) is 12.5 Å². The van der Waals surface area contributed by atoms with Crippen molar-refractivity contribution in [3.05, 3.63) is 28.8 Å². The van der Waals surface area contributed by atoms with E-state index in [1.165, 1.54) is 17.0 Å². The van der Waals surface area contributed by atoms with Gasteiger partial charge >= 0.3 is 0 Å². The zero-order chi connectivity index (χ0) is 11.9. The molecule has 1 aromatic rings. The van der Waals surface area contributed by atoms with Crippen molar-refractivity contribution in [2.75, 3.05) is 13.1 Å². The Hall–Kier alpha value is -1.26. The lowest BCUT2D eigenvalue weighted by Gasteiger charge is -2.44.